The lowest BCUT2D eigenvalue weighted by atomic mass is 10.2. The number of carbonyl (C=O) groups is 1. The van der Waals surface area contributed by atoms with Crippen LogP contribution < -0.4 is 5.73 Å². The van der Waals surface area contributed by atoms with Gasteiger partial charge in [-0.1, -0.05) is 18.2 Å². The molecular formula is C11H11BrN2O. The lowest BCUT2D eigenvalue weighted by molar-refractivity contribution is -0.108. The van der Waals surface area contributed by atoms with Crippen LogP contribution in [0.15, 0.2) is 36.5 Å². The summed E-state index contributed by atoms with van der Waals surface area (Å²) < 4.78 is -0.0208. The molecule has 0 aliphatic carbocycles. The second kappa shape index (κ2) is 5.46. The Morgan fingerprint density at radius 1 is 1.33 bits per heavy atom. The van der Waals surface area contributed by atoms with E-state index in [1.165, 1.54) is 6.92 Å². The zero-order chi connectivity index (χ0) is 11.3. The van der Waals surface area contributed by atoms with Gasteiger partial charge in [-0.2, -0.15) is 0 Å². The normalized spacial score (nSPS) is 9.20. The van der Waals surface area contributed by atoms with Gasteiger partial charge < -0.3 is 5.73 Å². The fraction of sp³-hybridized carbons (Fsp3) is 0.0909. The maximum absolute atomic E-state index is 9.36. The fourth-order valence-corrected chi connectivity index (χ4v) is 1.13. The molecule has 0 aliphatic rings. The predicted octanol–water partition coefficient (Wildman–Crippen LogP) is 2.74. The number of fused-ring (bicyclic) bond motifs is 1. The number of halogens is 1. The molecule has 1 aromatic heterocycles. The molecular weight excluding hydrogens is 256 g/mol. The van der Waals surface area contributed by atoms with Crippen molar-refractivity contribution in [2.45, 2.75) is 6.92 Å². The molecule has 0 unspecified atom stereocenters. The minimum Gasteiger partial charge on any atom is -0.397 e. The number of rotatable bonds is 0. The third kappa shape index (κ3) is 3.67. The number of para-hydroxylation sites is 1. The van der Waals surface area contributed by atoms with E-state index in [-0.39, 0.29) is 4.69 Å². The molecule has 0 radical (unpaired) electrons. The predicted molar refractivity (Wildman–Crippen MR) is 65.8 cm³/mol. The first-order chi connectivity index (χ1) is 7.11. The van der Waals surface area contributed by atoms with E-state index in [9.17, 15) is 4.79 Å². The Morgan fingerprint density at radius 2 is 1.93 bits per heavy atom. The van der Waals surface area contributed by atoms with Crippen molar-refractivity contribution in [3.8, 4) is 0 Å². The van der Waals surface area contributed by atoms with Crippen molar-refractivity contribution in [1.82, 2.24) is 4.98 Å². The van der Waals surface area contributed by atoms with Crippen LogP contribution in [0, 0.1) is 0 Å². The van der Waals surface area contributed by atoms with Gasteiger partial charge in [0.1, 0.15) is 0 Å². The van der Waals surface area contributed by atoms with Gasteiger partial charge in [-0.15, -0.1) is 0 Å². The van der Waals surface area contributed by atoms with Crippen LogP contribution in [0.2, 0.25) is 0 Å². The van der Waals surface area contributed by atoms with Gasteiger partial charge in [-0.25, -0.2) is 0 Å². The summed E-state index contributed by atoms with van der Waals surface area (Å²) in [6.45, 7) is 1.44. The van der Waals surface area contributed by atoms with Gasteiger partial charge in [-0.3, -0.25) is 9.78 Å². The summed E-state index contributed by atoms with van der Waals surface area (Å²) in [4.78, 5) is 13.5. The number of nitrogens with zero attached hydrogens (tertiary/aromatic N) is 1. The van der Waals surface area contributed by atoms with Crippen molar-refractivity contribution in [3.63, 3.8) is 0 Å². The van der Waals surface area contributed by atoms with E-state index in [2.05, 4.69) is 20.9 Å². The average molecular weight is 267 g/mol. The van der Waals surface area contributed by atoms with E-state index in [4.69, 9.17) is 5.73 Å². The summed E-state index contributed by atoms with van der Waals surface area (Å²) in [6, 6.07) is 9.69. The molecule has 2 N–H and O–H groups in total. The van der Waals surface area contributed by atoms with Gasteiger partial charge in [0.15, 0.2) is 4.69 Å². The summed E-state index contributed by atoms with van der Waals surface area (Å²) in [5.41, 5.74) is 7.32. The molecule has 0 fully saturated rings. The Morgan fingerprint density at radius 3 is 2.53 bits per heavy atom. The van der Waals surface area contributed by atoms with Crippen LogP contribution in [-0.2, 0) is 4.79 Å². The highest BCUT2D eigenvalue weighted by Crippen LogP contribution is 2.16. The quantitative estimate of drug-likeness (QED) is 0.589. The first kappa shape index (κ1) is 11.7. The van der Waals surface area contributed by atoms with Crippen LogP contribution in [0.1, 0.15) is 6.92 Å². The Kier molecular flexibility index (Phi) is 4.24. The third-order valence-corrected chi connectivity index (χ3v) is 1.66. The number of pyridine rings is 1. The van der Waals surface area contributed by atoms with E-state index < -0.39 is 0 Å². The highest BCUT2D eigenvalue weighted by molar-refractivity contribution is 9.18. The summed E-state index contributed by atoms with van der Waals surface area (Å²) in [7, 11) is 0. The maximum Gasteiger partial charge on any atom is 0.194 e. The lowest BCUT2D eigenvalue weighted by Crippen LogP contribution is -1.87. The van der Waals surface area contributed by atoms with E-state index in [1.54, 1.807) is 6.20 Å². The van der Waals surface area contributed by atoms with Crippen LogP contribution in [0.5, 0.6) is 0 Å². The molecule has 0 spiro atoms. The number of benzene rings is 1. The van der Waals surface area contributed by atoms with Crippen LogP contribution in [0.3, 0.4) is 0 Å². The number of hydrogen-bond donors (Lipinski definition) is 1. The molecule has 0 bridgehead atoms. The van der Waals surface area contributed by atoms with Gasteiger partial charge >= 0.3 is 0 Å². The average Bonchev–Trinajstić information content (AvgIpc) is 2.18. The summed E-state index contributed by atoms with van der Waals surface area (Å²) >= 11 is 2.63. The molecule has 2 aromatic rings. The molecule has 2 rings (SSSR count). The maximum atomic E-state index is 9.36. The molecule has 1 aromatic carbocycles. The zero-order valence-electron chi connectivity index (χ0n) is 8.27. The van der Waals surface area contributed by atoms with Gasteiger partial charge in [0.25, 0.3) is 0 Å². The Labute approximate surface area is 96.4 Å². The molecule has 4 heteroatoms. The van der Waals surface area contributed by atoms with E-state index in [0.717, 1.165) is 16.6 Å². The lowest BCUT2D eigenvalue weighted by Gasteiger charge is -1.97. The van der Waals surface area contributed by atoms with Crippen LogP contribution >= 0.6 is 15.9 Å². The number of nitrogens with two attached hydrogens (primary N) is 1. The molecule has 0 saturated heterocycles. The van der Waals surface area contributed by atoms with Crippen molar-refractivity contribution >= 4 is 37.2 Å². The second-order valence-electron chi connectivity index (χ2n) is 2.89. The number of hydrogen-bond acceptors (Lipinski definition) is 3. The smallest absolute Gasteiger partial charge is 0.194 e. The Balaban J connectivity index is 0.000000245. The van der Waals surface area contributed by atoms with Gasteiger partial charge in [0.2, 0.25) is 0 Å². The first-order valence-corrected chi connectivity index (χ1v) is 5.16. The summed E-state index contributed by atoms with van der Waals surface area (Å²) in [5, 5.41) is 1.09. The fourth-order valence-electron chi connectivity index (χ4n) is 1.13. The Hall–Kier alpha value is -1.42. The standard InChI is InChI=1S/C9H8N2.C2H3BrO/c10-8-5-1-3-7-4-2-6-11-9(7)8;1-2(3)4/h1-6H,10H2;1H3. The first-order valence-electron chi connectivity index (χ1n) is 4.36. The molecule has 0 atom stereocenters. The van der Waals surface area contributed by atoms with Gasteiger partial charge in [0, 0.05) is 18.5 Å². The molecule has 0 amide bonds. The largest absolute Gasteiger partial charge is 0.397 e. The van der Waals surface area contributed by atoms with Crippen LogP contribution in [0.25, 0.3) is 10.9 Å². The van der Waals surface area contributed by atoms with Crippen molar-refractivity contribution in [1.29, 1.82) is 0 Å². The molecule has 78 valence electrons. The molecule has 3 nitrogen and oxygen atoms in total. The highest BCUT2D eigenvalue weighted by Gasteiger charge is 1.94. The second-order valence-corrected chi connectivity index (χ2v) is 4.01. The van der Waals surface area contributed by atoms with E-state index in [0.29, 0.717) is 0 Å². The van der Waals surface area contributed by atoms with Crippen molar-refractivity contribution in [2.24, 2.45) is 0 Å². The van der Waals surface area contributed by atoms with E-state index >= 15 is 0 Å². The number of nitrogen functional groups attached to an aromatic ring is 1. The molecule has 0 aliphatic heterocycles. The molecule has 0 saturated carbocycles. The SMILES string of the molecule is CC(=O)Br.Nc1cccc2cccnc12. The Bertz CT molecular complexity index is 462. The highest BCUT2D eigenvalue weighted by atomic mass is 79.9. The van der Waals surface area contributed by atoms with Crippen molar-refractivity contribution in [2.75, 3.05) is 5.73 Å². The van der Waals surface area contributed by atoms with E-state index in [1.807, 2.05) is 30.3 Å². The van der Waals surface area contributed by atoms with Crippen LogP contribution in [0.4, 0.5) is 5.69 Å². The number of aromatic nitrogens is 1. The summed E-state index contributed by atoms with van der Waals surface area (Å²) in [6.07, 6.45) is 1.75. The molecule has 1 heterocycles. The topological polar surface area (TPSA) is 56.0 Å². The van der Waals surface area contributed by atoms with Gasteiger partial charge in [0.05, 0.1) is 11.2 Å². The van der Waals surface area contributed by atoms with Crippen LogP contribution in [-0.4, -0.2) is 9.68 Å². The minimum atomic E-state index is -0.0208. The van der Waals surface area contributed by atoms with Gasteiger partial charge in [-0.05, 0) is 28.1 Å². The zero-order valence-corrected chi connectivity index (χ0v) is 9.86. The number of carbonyl (C=O) groups excluding carboxylic acids is 1. The summed E-state index contributed by atoms with van der Waals surface area (Å²) in [5.74, 6) is 0. The van der Waals surface area contributed by atoms with Crippen molar-refractivity contribution < 1.29 is 4.79 Å². The number of anilines is 1. The minimum absolute atomic E-state index is 0.0208. The third-order valence-electron chi connectivity index (χ3n) is 1.66. The monoisotopic (exact) mass is 266 g/mol. The molecule has 15 heavy (non-hydrogen) atoms. The van der Waals surface area contributed by atoms with Crippen molar-refractivity contribution in [3.05, 3.63) is 36.5 Å².